The molecule has 0 bridgehead atoms. The van der Waals surface area contributed by atoms with Gasteiger partial charge in [-0.1, -0.05) is 53.6 Å². The Labute approximate surface area is 114 Å². The molecule has 1 heterocycles. The van der Waals surface area contributed by atoms with Crippen LogP contribution in [0.2, 0.25) is 10.3 Å². The zero-order valence-corrected chi connectivity index (χ0v) is 10.9. The number of para-hydroxylation sites is 1. The topological polar surface area (TPSA) is 37.8 Å². The first-order valence-electron chi connectivity index (χ1n) is 4.72. The molecule has 0 spiro atoms. The maximum absolute atomic E-state index is 5.90. The number of benzene rings is 1. The van der Waals surface area contributed by atoms with Crippen LogP contribution in [-0.2, 0) is 0 Å². The smallest absolute Gasteiger partial charge is 0.161 e. The first-order valence-corrected chi connectivity index (χ1v) is 5.88. The maximum Gasteiger partial charge on any atom is 0.161 e. The molecular formula is C11H7Cl2N3S. The lowest BCUT2D eigenvalue weighted by Crippen LogP contribution is -2.12. The number of anilines is 1. The monoisotopic (exact) mass is 283 g/mol. The van der Waals surface area contributed by atoms with Gasteiger partial charge in [-0.25, -0.2) is 0 Å². The van der Waals surface area contributed by atoms with Crippen molar-refractivity contribution in [1.82, 2.24) is 10.2 Å². The molecule has 1 N–H and O–H groups in total. The normalized spacial score (nSPS) is 10.0. The minimum atomic E-state index is 0.225. The first kappa shape index (κ1) is 12.2. The summed E-state index contributed by atoms with van der Waals surface area (Å²) in [5, 5.41) is 10.8. The van der Waals surface area contributed by atoms with Gasteiger partial charge >= 0.3 is 0 Å². The van der Waals surface area contributed by atoms with E-state index in [2.05, 4.69) is 15.5 Å². The van der Waals surface area contributed by atoms with Gasteiger partial charge in [0, 0.05) is 5.69 Å². The number of nitrogens with one attached hydrogen (secondary N) is 1. The molecule has 1 aromatic heterocycles. The fraction of sp³-hybridized carbons (Fsp3) is 0. The highest BCUT2D eigenvalue weighted by molar-refractivity contribution is 7.81. The molecular weight excluding hydrogens is 277 g/mol. The summed E-state index contributed by atoms with van der Waals surface area (Å²) in [6.45, 7) is 0. The van der Waals surface area contributed by atoms with Crippen molar-refractivity contribution in [3.8, 4) is 0 Å². The average Bonchev–Trinajstić information content (AvgIpc) is 2.33. The number of hydrogen-bond donors (Lipinski definition) is 1. The van der Waals surface area contributed by atoms with Crippen LogP contribution in [0.4, 0.5) is 5.69 Å². The summed E-state index contributed by atoms with van der Waals surface area (Å²) in [7, 11) is 0. The number of aromatic nitrogens is 2. The van der Waals surface area contributed by atoms with Crippen molar-refractivity contribution in [2.24, 2.45) is 0 Å². The van der Waals surface area contributed by atoms with Gasteiger partial charge in [-0.15, -0.1) is 10.2 Å². The summed E-state index contributed by atoms with van der Waals surface area (Å²) >= 11 is 16.9. The third-order valence-electron chi connectivity index (χ3n) is 2.00. The van der Waals surface area contributed by atoms with E-state index in [0.717, 1.165) is 5.69 Å². The second-order valence-electron chi connectivity index (χ2n) is 3.19. The van der Waals surface area contributed by atoms with Gasteiger partial charge in [0.05, 0.1) is 5.56 Å². The van der Waals surface area contributed by atoms with Gasteiger partial charge in [-0.05, 0) is 18.2 Å². The van der Waals surface area contributed by atoms with Gasteiger partial charge in [0.1, 0.15) is 4.99 Å². The Morgan fingerprint density at radius 3 is 2.53 bits per heavy atom. The zero-order valence-electron chi connectivity index (χ0n) is 8.52. The molecule has 0 fully saturated rings. The van der Waals surface area contributed by atoms with Crippen LogP contribution in [0.5, 0.6) is 0 Å². The number of nitrogens with zero attached hydrogens (tertiary/aromatic N) is 2. The molecule has 3 nitrogen and oxygen atoms in total. The average molecular weight is 284 g/mol. The van der Waals surface area contributed by atoms with Crippen molar-refractivity contribution in [3.63, 3.8) is 0 Å². The summed E-state index contributed by atoms with van der Waals surface area (Å²) in [6.07, 6.45) is 0. The van der Waals surface area contributed by atoms with Gasteiger partial charge in [0.25, 0.3) is 0 Å². The van der Waals surface area contributed by atoms with Crippen LogP contribution in [-0.4, -0.2) is 15.2 Å². The lowest BCUT2D eigenvalue weighted by Gasteiger charge is -2.08. The van der Waals surface area contributed by atoms with E-state index in [-0.39, 0.29) is 10.3 Å². The molecule has 2 aromatic rings. The molecule has 1 aromatic carbocycles. The quantitative estimate of drug-likeness (QED) is 0.855. The number of rotatable bonds is 2. The van der Waals surface area contributed by atoms with E-state index in [4.69, 9.17) is 35.4 Å². The van der Waals surface area contributed by atoms with Crippen molar-refractivity contribution in [1.29, 1.82) is 0 Å². The standard InChI is InChI=1S/C11H7Cl2N3S/c12-9-6-8(10(13)16-15-9)11(17)14-7-4-2-1-3-5-7/h1-6H,(H,14,17). The molecule has 2 rings (SSSR count). The fourth-order valence-electron chi connectivity index (χ4n) is 1.23. The molecule has 0 amide bonds. The van der Waals surface area contributed by atoms with Crippen LogP contribution >= 0.6 is 35.4 Å². The van der Waals surface area contributed by atoms with Crippen LogP contribution in [0, 0.1) is 0 Å². The molecule has 0 aliphatic rings. The molecule has 6 heteroatoms. The summed E-state index contributed by atoms with van der Waals surface area (Å²) in [5.41, 5.74) is 1.44. The molecule has 0 saturated heterocycles. The zero-order chi connectivity index (χ0) is 12.3. The third kappa shape index (κ3) is 3.12. The van der Waals surface area contributed by atoms with E-state index in [0.29, 0.717) is 10.6 Å². The van der Waals surface area contributed by atoms with E-state index in [1.807, 2.05) is 30.3 Å². The van der Waals surface area contributed by atoms with Crippen LogP contribution in [0.1, 0.15) is 5.56 Å². The third-order valence-corrected chi connectivity index (χ3v) is 2.78. The summed E-state index contributed by atoms with van der Waals surface area (Å²) in [5.74, 6) is 0. The second kappa shape index (κ2) is 5.40. The Hall–Kier alpha value is -1.23. The maximum atomic E-state index is 5.90. The lowest BCUT2D eigenvalue weighted by atomic mass is 10.2. The molecule has 0 radical (unpaired) electrons. The first-order chi connectivity index (χ1) is 8.16. The van der Waals surface area contributed by atoms with Gasteiger partial charge in [-0.2, -0.15) is 0 Å². The van der Waals surface area contributed by atoms with E-state index >= 15 is 0 Å². The number of thiocarbonyl (C=S) groups is 1. The summed E-state index contributed by atoms with van der Waals surface area (Å²) < 4.78 is 0. The van der Waals surface area contributed by atoms with Gasteiger partial charge in [-0.3, -0.25) is 0 Å². The van der Waals surface area contributed by atoms with Crippen LogP contribution in [0.15, 0.2) is 36.4 Å². The van der Waals surface area contributed by atoms with Crippen LogP contribution in [0.3, 0.4) is 0 Å². The lowest BCUT2D eigenvalue weighted by molar-refractivity contribution is 1.03. The van der Waals surface area contributed by atoms with Gasteiger partial charge in [0.15, 0.2) is 10.3 Å². The fourth-order valence-corrected chi connectivity index (χ4v) is 1.90. The van der Waals surface area contributed by atoms with E-state index in [9.17, 15) is 0 Å². The van der Waals surface area contributed by atoms with E-state index in [1.54, 1.807) is 6.07 Å². The predicted molar refractivity (Wildman–Crippen MR) is 73.8 cm³/mol. The van der Waals surface area contributed by atoms with E-state index in [1.165, 1.54) is 0 Å². The number of hydrogen-bond acceptors (Lipinski definition) is 3. The molecule has 17 heavy (non-hydrogen) atoms. The largest absolute Gasteiger partial charge is 0.346 e. The highest BCUT2D eigenvalue weighted by Crippen LogP contribution is 2.18. The molecule has 0 aliphatic carbocycles. The molecule has 86 valence electrons. The molecule has 0 atom stereocenters. The molecule has 0 aliphatic heterocycles. The Bertz CT molecular complexity index is 546. The minimum Gasteiger partial charge on any atom is -0.346 e. The van der Waals surface area contributed by atoms with Crippen molar-refractivity contribution in [2.75, 3.05) is 5.32 Å². The predicted octanol–water partition coefficient (Wildman–Crippen LogP) is 3.57. The Kier molecular flexibility index (Phi) is 3.89. The molecule has 0 unspecified atom stereocenters. The van der Waals surface area contributed by atoms with Crippen LogP contribution in [0.25, 0.3) is 0 Å². The second-order valence-corrected chi connectivity index (χ2v) is 4.35. The van der Waals surface area contributed by atoms with Gasteiger partial charge < -0.3 is 5.32 Å². The highest BCUT2D eigenvalue weighted by Gasteiger charge is 2.09. The number of halogens is 2. The van der Waals surface area contributed by atoms with Crippen LogP contribution < -0.4 is 5.32 Å². The highest BCUT2D eigenvalue weighted by atomic mass is 35.5. The Morgan fingerprint density at radius 2 is 1.82 bits per heavy atom. The van der Waals surface area contributed by atoms with Crippen molar-refractivity contribution < 1.29 is 0 Å². The SMILES string of the molecule is S=C(Nc1ccccc1)c1cc(Cl)nnc1Cl. The van der Waals surface area contributed by atoms with Gasteiger partial charge in [0.2, 0.25) is 0 Å². The Morgan fingerprint density at radius 1 is 1.12 bits per heavy atom. The molecule has 0 saturated carbocycles. The summed E-state index contributed by atoms with van der Waals surface area (Å²) in [6, 6.07) is 11.1. The van der Waals surface area contributed by atoms with Crippen molar-refractivity contribution in [2.45, 2.75) is 0 Å². The van der Waals surface area contributed by atoms with E-state index < -0.39 is 0 Å². The minimum absolute atomic E-state index is 0.225. The summed E-state index contributed by atoms with van der Waals surface area (Å²) in [4.78, 5) is 0.456. The van der Waals surface area contributed by atoms with Crippen molar-refractivity contribution >= 4 is 46.1 Å². The Balaban J connectivity index is 2.23. The van der Waals surface area contributed by atoms with Crippen molar-refractivity contribution in [3.05, 3.63) is 52.3 Å².